The molecule has 0 aliphatic heterocycles. The number of hydrogen-bond donors (Lipinski definition) is 0. The van der Waals surface area contributed by atoms with Crippen LogP contribution in [-0.2, 0) is 0 Å². The topological polar surface area (TPSA) is 25.8 Å². The zero-order valence-corrected chi connectivity index (χ0v) is 6.28. The molecular formula is C8H5LiN2. The van der Waals surface area contributed by atoms with E-state index in [1.807, 2.05) is 42.0 Å². The molecule has 0 saturated carbocycles. The van der Waals surface area contributed by atoms with Crippen molar-refractivity contribution < 1.29 is 0 Å². The maximum atomic E-state index is 4.31. The van der Waals surface area contributed by atoms with E-state index in [1.54, 1.807) is 6.20 Å². The van der Waals surface area contributed by atoms with Crippen LogP contribution in [0.5, 0.6) is 0 Å². The van der Waals surface area contributed by atoms with Gasteiger partial charge in [0.1, 0.15) is 0 Å². The van der Waals surface area contributed by atoms with Crippen molar-refractivity contribution in [2.75, 3.05) is 0 Å². The van der Waals surface area contributed by atoms with Gasteiger partial charge in [-0.25, -0.2) is 0 Å². The first-order valence-electron chi connectivity index (χ1n) is 3.55. The molecule has 0 aliphatic rings. The van der Waals surface area contributed by atoms with Crippen molar-refractivity contribution in [3.63, 3.8) is 0 Å². The molecule has 0 aliphatic carbocycles. The Balaban J connectivity index is 2.83. The van der Waals surface area contributed by atoms with Gasteiger partial charge < -0.3 is 0 Å². The molecule has 0 radical (unpaired) electrons. The predicted octanol–water partition coefficient (Wildman–Crippen LogP) is 0.424. The van der Waals surface area contributed by atoms with Crippen LogP contribution in [0.15, 0.2) is 30.5 Å². The van der Waals surface area contributed by atoms with E-state index in [0.29, 0.717) is 0 Å². The summed E-state index contributed by atoms with van der Waals surface area (Å²) < 4.78 is 0.962. The Morgan fingerprint density at radius 2 is 1.82 bits per heavy atom. The van der Waals surface area contributed by atoms with Gasteiger partial charge in [-0.15, -0.1) is 0 Å². The van der Waals surface area contributed by atoms with Gasteiger partial charge in [0.15, 0.2) is 0 Å². The molecule has 1 heterocycles. The van der Waals surface area contributed by atoms with Crippen molar-refractivity contribution in [1.82, 2.24) is 9.97 Å². The van der Waals surface area contributed by atoms with E-state index in [2.05, 4.69) is 9.97 Å². The quantitative estimate of drug-likeness (QED) is 0.490. The number of para-hydroxylation sites is 2. The number of rotatable bonds is 0. The van der Waals surface area contributed by atoms with Gasteiger partial charge in [0.25, 0.3) is 0 Å². The maximum absolute atomic E-state index is 4.31. The summed E-state index contributed by atoms with van der Waals surface area (Å²) in [5, 5.41) is 0. The van der Waals surface area contributed by atoms with Crippen molar-refractivity contribution in [3.8, 4) is 0 Å². The molecule has 3 heteroatoms. The van der Waals surface area contributed by atoms with Gasteiger partial charge in [0.2, 0.25) is 0 Å². The molecule has 0 atom stereocenters. The van der Waals surface area contributed by atoms with Crippen molar-refractivity contribution in [2.45, 2.75) is 0 Å². The van der Waals surface area contributed by atoms with Crippen LogP contribution in [0.2, 0.25) is 0 Å². The minimum absolute atomic E-state index is 0.957. The average molecular weight is 136 g/mol. The van der Waals surface area contributed by atoms with Gasteiger partial charge in [0, 0.05) is 0 Å². The second-order valence-electron chi connectivity index (χ2n) is 2.50. The Kier molecular flexibility index (Phi) is 1.65. The molecule has 2 aromatic rings. The summed E-state index contributed by atoms with van der Waals surface area (Å²) in [5.74, 6) is 0. The third-order valence-electron chi connectivity index (χ3n) is 1.57. The van der Waals surface area contributed by atoms with Crippen LogP contribution >= 0.6 is 0 Å². The molecule has 0 bridgehead atoms. The molecule has 0 saturated heterocycles. The molecule has 48 valence electrons. The van der Waals surface area contributed by atoms with Crippen LogP contribution in [0.3, 0.4) is 0 Å². The molecule has 0 unspecified atom stereocenters. The van der Waals surface area contributed by atoms with Crippen LogP contribution < -0.4 is 4.37 Å². The van der Waals surface area contributed by atoms with E-state index < -0.39 is 0 Å². The molecule has 2 rings (SSSR count). The monoisotopic (exact) mass is 136 g/mol. The van der Waals surface area contributed by atoms with Crippen molar-refractivity contribution in [1.29, 1.82) is 0 Å². The summed E-state index contributed by atoms with van der Waals surface area (Å²) in [4.78, 5) is 8.53. The van der Waals surface area contributed by atoms with E-state index in [-0.39, 0.29) is 0 Å². The van der Waals surface area contributed by atoms with E-state index in [9.17, 15) is 0 Å². The van der Waals surface area contributed by atoms with Crippen LogP contribution in [0.1, 0.15) is 0 Å². The Morgan fingerprint density at radius 1 is 1.09 bits per heavy atom. The van der Waals surface area contributed by atoms with E-state index in [1.165, 1.54) is 0 Å². The van der Waals surface area contributed by atoms with Crippen molar-refractivity contribution in [2.24, 2.45) is 0 Å². The van der Waals surface area contributed by atoms with Crippen molar-refractivity contribution >= 4 is 33.1 Å². The fourth-order valence-corrected chi connectivity index (χ4v) is 1.05. The van der Waals surface area contributed by atoms with Crippen LogP contribution in [0.4, 0.5) is 0 Å². The van der Waals surface area contributed by atoms with Gasteiger partial charge in [-0.05, 0) is 0 Å². The Morgan fingerprint density at radius 3 is 2.64 bits per heavy atom. The van der Waals surface area contributed by atoms with E-state index in [0.717, 1.165) is 15.4 Å². The molecule has 1 aromatic carbocycles. The average Bonchev–Trinajstić information content (AvgIpc) is 2.04. The molecule has 1 aromatic heterocycles. The van der Waals surface area contributed by atoms with Crippen molar-refractivity contribution in [3.05, 3.63) is 30.5 Å². The number of fused-ring (bicyclic) bond motifs is 1. The third-order valence-corrected chi connectivity index (χ3v) is 1.57. The van der Waals surface area contributed by atoms with Crippen LogP contribution in [0.25, 0.3) is 11.0 Å². The van der Waals surface area contributed by atoms with E-state index >= 15 is 0 Å². The second-order valence-corrected chi connectivity index (χ2v) is 2.50. The first kappa shape index (κ1) is 6.84. The summed E-state index contributed by atoms with van der Waals surface area (Å²) in [7, 11) is 0. The summed E-state index contributed by atoms with van der Waals surface area (Å²) >= 11 is 1.94. The zero-order chi connectivity index (χ0) is 7.68. The molecule has 11 heavy (non-hydrogen) atoms. The Hall–Kier alpha value is -0.843. The normalized spacial score (nSPS) is 10.4. The molecule has 0 spiro atoms. The fourth-order valence-electron chi connectivity index (χ4n) is 1.05. The number of nitrogens with zero attached hydrogens (tertiary/aromatic N) is 2. The predicted molar refractivity (Wildman–Crippen MR) is 44.9 cm³/mol. The summed E-state index contributed by atoms with van der Waals surface area (Å²) in [6, 6.07) is 7.86. The summed E-state index contributed by atoms with van der Waals surface area (Å²) in [6.07, 6.45) is 1.78. The Labute approximate surface area is 73.9 Å². The molecular weight excluding hydrogens is 131 g/mol. The number of benzene rings is 1. The number of aromatic nitrogens is 2. The molecule has 2 nitrogen and oxygen atoms in total. The summed E-state index contributed by atoms with van der Waals surface area (Å²) in [5.41, 5.74) is 1.92. The first-order chi connectivity index (χ1) is 5.36. The molecule has 0 N–H and O–H groups in total. The number of hydrogen-bond acceptors (Lipinski definition) is 2. The van der Waals surface area contributed by atoms with E-state index in [4.69, 9.17) is 0 Å². The van der Waals surface area contributed by atoms with Gasteiger partial charge in [-0.3, -0.25) is 0 Å². The van der Waals surface area contributed by atoms with Gasteiger partial charge in [-0.1, -0.05) is 0 Å². The van der Waals surface area contributed by atoms with Gasteiger partial charge in [0.05, 0.1) is 0 Å². The minimum atomic E-state index is 0.957. The Bertz CT molecular complexity index is 387. The van der Waals surface area contributed by atoms with Gasteiger partial charge >= 0.3 is 73.5 Å². The second kappa shape index (κ2) is 2.65. The molecule has 0 amide bonds. The zero-order valence-electron chi connectivity index (χ0n) is 6.28. The summed E-state index contributed by atoms with van der Waals surface area (Å²) in [6.45, 7) is 0. The SMILES string of the molecule is [Li][c]1cnc2ccccc2n1. The fraction of sp³-hybridized carbons (Fsp3) is 0. The first-order valence-corrected chi connectivity index (χ1v) is 3.55. The van der Waals surface area contributed by atoms with Crippen LogP contribution in [0, 0.1) is 0 Å². The third kappa shape index (κ3) is 1.28. The molecule has 0 fully saturated rings. The van der Waals surface area contributed by atoms with Crippen LogP contribution in [-0.4, -0.2) is 27.7 Å². The van der Waals surface area contributed by atoms with Gasteiger partial charge in [-0.2, -0.15) is 0 Å². The standard InChI is InChI=1S/C8H5N2.Li/c1-2-4-8-7(3-1)9-5-6-10-8;/h1-5H;.